The van der Waals surface area contributed by atoms with Gasteiger partial charge in [0.05, 0.1) is 5.71 Å². The van der Waals surface area contributed by atoms with Gasteiger partial charge in [0.2, 0.25) is 0 Å². The fourth-order valence-electron chi connectivity index (χ4n) is 2.77. The number of allylic oxidation sites excluding steroid dienone is 2. The third kappa shape index (κ3) is 6.20. The maximum absolute atomic E-state index is 6.34. The number of halogens is 1. The summed E-state index contributed by atoms with van der Waals surface area (Å²) < 4.78 is 4.23. The summed E-state index contributed by atoms with van der Waals surface area (Å²) >= 11 is 5.15. The summed E-state index contributed by atoms with van der Waals surface area (Å²) in [4.78, 5) is 8.02. The molecule has 4 N–H and O–H groups in total. The van der Waals surface area contributed by atoms with Gasteiger partial charge < -0.3 is 10.2 Å². The largest absolute Gasteiger partial charge is 0.340 e. The Morgan fingerprint density at radius 3 is 2.47 bits per heavy atom. The van der Waals surface area contributed by atoms with Crippen LogP contribution in [0.1, 0.15) is 12.5 Å². The van der Waals surface area contributed by atoms with Gasteiger partial charge >= 0.3 is 0 Å². The number of nitrogens with zero attached hydrogens (tertiary/aromatic N) is 3. The van der Waals surface area contributed by atoms with Crippen molar-refractivity contribution in [3.8, 4) is 0 Å². The first kappa shape index (κ1) is 22.6. The zero-order valence-electron chi connectivity index (χ0n) is 17.4. The Hall–Kier alpha value is -2.10. The molecule has 8 heteroatoms. The van der Waals surface area contributed by atoms with Gasteiger partial charge in [-0.05, 0) is 57.2 Å². The summed E-state index contributed by atoms with van der Waals surface area (Å²) in [5, 5.41) is 4.97. The van der Waals surface area contributed by atoms with Gasteiger partial charge in [-0.1, -0.05) is 46.3 Å². The molecule has 3 rings (SSSR count). The molecule has 2 aromatic rings. The van der Waals surface area contributed by atoms with Gasteiger partial charge in [0.15, 0.2) is 5.82 Å². The molecule has 0 saturated carbocycles. The molecule has 0 aliphatic carbocycles. The monoisotopic (exact) mass is 486 g/mol. The Morgan fingerprint density at radius 1 is 1.13 bits per heavy atom. The Bertz CT molecular complexity index is 934. The van der Waals surface area contributed by atoms with Crippen molar-refractivity contribution in [1.82, 2.24) is 14.6 Å². The number of likely N-dealkylation sites (N-methyl/N-ethyl adjacent to an activating group) is 1. The summed E-state index contributed by atoms with van der Waals surface area (Å²) in [6.07, 6.45) is 1.96. The van der Waals surface area contributed by atoms with Crippen LogP contribution in [0.3, 0.4) is 0 Å². The van der Waals surface area contributed by atoms with Gasteiger partial charge in [-0.2, -0.15) is 0 Å². The van der Waals surface area contributed by atoms with E-state index in [1.54, 1.807) is 17.0 Å². The van der Waals surface area contributed by atoms with Crippen LogP contribution in [-0.4, -0.2) is 42.8 Å². The van der Waals surface area contributed by atoms with Crippen LogP contribution in [0.4, 0.5) is 5.69 Å². The Morgan fingerprint density at radius 2 is 1.83 bits per heavy atom. The predicted octanol–water partition coefficient (Wildman–Crippen LogP) is 4.36. The van der Waals surface area contributed by atoms with Crippen molar-refractivity contribution >= 4 is 39.3 Å². The van der Waals surface area contributed by atoms with Crippen LogP contribution in [0.5, 0.6) is 0 Å². The third-order valence-electron chi connectivity index (χ3n) is 4.34. The molecule has 30 heavy (non-hydrogen) atoms. The van der Waals surface area contributed by atoms with E-state index in [1.165, 1.54) is 0 Å². The van der Waals surface area contributed by atoms with Gasteiger partial charge in [-0.3, -0.25) is 4.72 Å². The molecular weight excluding hydrogens is 460 g/mol. The number of nitrogens with two attached hydrogens (primary N) is 1. The summed E-state index contributed by atoms with van der Waals surface area (Å²) in [5.74, 6) is 7.75. The van der Waals surface area contributed by atoms with Crippen LogP contribution in [0.15, 0.2) is 86.7 Å². The first-order chi connectivity index (χ1) is 14.4. The van der Waals surface area contributed by atoms with Crippen molar-refractivity contribution in [3.63, 3.8) is 0 Å². The topological polar surface area (TPSA) is 68.9 Å². The van der Waals surface area contributed by atoms with E-state index in [2.05, 4.69) is 57.1 Å². The highest BCUT2D eigenvalue weighted by Crippen LogP contribution is 2.26. The van der Waals surface area contributed by atoms with Crippen LogP contribution in [-0.2, 0) is 0 Å². The molecule has 0 fully saturated rings. The highest BCUT2D eigenvalue weighted by atomic mass is 79.9. The molecule has 1 heterocycles. The molecule has 0 atom stereocenters. The molecule has 1 aliphatic heterocycles. The molecule has 0 radical (unpaired) electrons. The van der Waals surface area contributed by atoms with Crippen molar-refractivity contribution in [2.75, 3.05) is 32.5 Å². The molecule has 0 spiro atoms. The van der Waals surface area contributed by atoms with Crippen LogP contribution in [0, 0.1) is 0 Å². The van der Waals surface area contributed by atoms with E-state index >= 15 is 0 Å². The van der Waals surface area contributed by atoms with Crippen LogP contribution in [0.2, 0.25) is 0 Å². The number of benzene rings is 2. The zero-order chi connectivity index (χ0) is 21.5. The Kier molecular flexibility index (Phi) is 8.12. The number of nitrogens with one attached hydrogen (secondary N) is 2. The predicted molar refractivity (Wildman–Crippen MR) is 131 cm³/mol. The first-order valence-corrected chi connectivity index (χ1v) is 11.2. The molecule has 0 aromatic heterocycles. The van der Waals surface area contributed by atoms with E-state index in [0.717, 1.165) is 45.3 Å². The molecular formula is C22H27BrN6S. The molecule has 0 saturated heterocycles. The number of rotatable bonds is 8. The van der Waals surface area contributed by atoms with Crippen LogP contribution < -0.4 is 15.9 Å². The normalized spacial score (nSPS) is 15.7. The lowest BCUT2D eigenvalue weighted by molar-refractivity contribution is 0.415. The number of hydrazine groups is 1. The van der Waals surface area contributed by atoms with Crippen molar-refractivity contribution in [3.05, 3.63) is 82.4 Å². The van der Waals surface area contributed by atoms with Crippen molar-refractivity contribution in [2.45, 2.75) is 11.8 Å². The number of anilines is 1. The van der Waals surface area contributed by atoms with Crippen molar-refractivity contribution in [2.24, 2.45) is 10.8 Å². The van der Waals surface area contributed by atoms with E-state index in [9.17, 15) is 0 Å². The minimum absolute atomic E-state index is 0.663. The Labute approximate surface area is 191 Å². The van der Waals surface area contributed by atoms with Gasteiger partial charge in [-0.15, -0.1) is 0 Å². The highest BCUT2D eigenvalue weighted by molar-refractivity contribution is 9.11. The highest BCUT2D eigenvalue weighted by Gasteiger charge is 2.20. The standard InChI is InChI=1S/C22H27BrN6S/c1-16(23)22-27-20(17-7-5-4-6-8-17)15-21(29(22)24)26-18-9-11-19(12-10-18)30-25-13-14-28(2)3/h4-12,15,25-26H,13-14,24H2,1-3H3/b22-16+. The molecule has 2 aromatic carbocycles. The average molecular weight is 487 g/mol. The summed E-state index contributed by atoms with van der Waals surface area (Å²) in [7, 11) is 4.14. The fourth-order valence-corrected chi connectivity index (χ4v) is 3.68. The molecule has 6 nitrogen and oxygen atoms in total. The summed E-state index contributed by atoms with van der Waals surface area (Å²) in [6, 6.07) is 18.3. The lowest BCUT2D eigenvalue weighted by Crippen LogP contribution is -2.36. The maximum atomic E-state index is 6.34. The maximum Gasteiger partial charge on any atom is 0.159 e. The lowest BCUT2D eigenvalue weighted by Gasteiger charge is -2.28. The van der Waals surface area contributed by atoms with E-state index in [0.29, 0.717) is 5.82 Å². The summed E-state index contributed by atoms with van der Waals surface area (Å²) in [6.45, 7) is 3.86. The second-order valence-electron chi connectivity index (χ2n) is 7.07. The lowest BCUT2D eigenvalue weighted by atomic mass is 10.1. The SMILES string of the molecule is C/C(Br)=C1/N=C(c2ccccc2)C=C(Nc2ccc(SNCCN(C)C)cc2)N1N. The minimum Gasteiger partial charge on any atom is -0.340 e. The molecule has 1 aliphatic rings. The second-order valence-corrected chi connectivity index (χ2v) is 9.22. The van der Waals surface area contributed by atoms with E-state index < -0.39 is 0 Å². The summed E-state index contributed by atoms with van der Waals surface area (Å²) in [5.41, 5.74) is 2.84. The van der Waals surface area contributed by atoms with Gasteiger partial charge in [0.1, 0.15) is 5.82 Å². The van der Waals surface area contributed by atoms with Gasteiger partial charge in [0.25, 0.3) is 0 Å². The quantitative estimate of drug-likeness (QED) is 0.292. The molecule has 0 amide bonds. The number of hydrogen-bond donors (Lipinski definition) is 3. The van der Waals surface area contributed by atoms with Crippen molar-refractivity contribution in [1.29, 1.82) is 0 Å². The number of hydrogen-bond acceptors (Lipinski definition) is 7. The van der Waals surface area contributed by atoms with E-state index in [4.69, 9.17) is 10.8 Å². The zero-order valence-corrected chi connectivity index (χ0v) is 19.8. The Balaban J connectivity index is 1.73. The van der Waals surface area contributed by atoms with Crippen molar-refractivity contribution < 1.29 is 0 Å². The fraction of sp³-hybridized carbons (Fsp3) is 0.227. The molecule has 0 unspecified atom stereocenters. The van der Waals surface area contributed by atoms with Crippen LogP contribution >= 0.6 is 27.9 Å². The number of aliphatic imine (C=N–C) groups is 1. The van der Waals surface area contributed by atoms with Gasteiger partial charge in [0, 0.05) is 39.8 Å². The minimum atomic E-state index is 0.663. The molecule has 0 bridgehead atoms. The third-order valence-corrected chi connectivity index (χ3v) is 5.55. The first-order valence-electron chi connectivity index (χ1n) is 9.62. The second kappa shape index (κ2) is 10.8. The smallest absolute Gasteiger partial charge is 0.159 e. The van der Waals surface area contributed by atoms with E-state index in [-0.39, 0.29) is 0 Å². The molecule has 158 valence electrons. The van der Waals surface area contributed by atoms with Gasteiger partial charge in [-0.25, -0.2) is 15.8 Å². The van der Waals surface area contributed by atoms with E-state index in [1.807, 2.05) is 55.5 Å². The average Bonchev–Trinajstić information content (AvgIpc) is 2.74. The van der Waals surface area contributed by atoms with Crippen LogP contribution in [0.25, 0.3) is 0 Å².